The van der Waals surface area contributed by atoms with Crippen LogP contribution < -0.4 is 14.9 Å². The molecule has 2 aliphatic rings. The molecule has 8 rings (SSSR count). The first-order valence-electron chi connectivity index (χ1n) is 20.8. The molecule has 5 aromatic carbocycles. The van der Waals surface area contributed by atoms with Crippen LogP contribution in [0.5, 0.6) is 0 Å². The van der Waals surface area contributed by atoms with Gasteiger partial charge in [0.05, 0.1) is 21.4 Å². The standard InChI is InChI=1S/C46H49ClN8O5S2/c47-35-11-14-41(33-7-3-1-4-8-33)34(27-35)30-53-23-25-54(26-24-53)37-12-15-42-44(28-37)48-32-49-46(42)51-62(59,60)40-13-16-43(45(29-40)55(57)58)50-36(31-61-39-9-5-2-6-10-39)17-20-52-21-18-38(56)19-22-52/h1-16,27-29,32,36,38,50,56H,17-26,30-31H2,(H,48,49,51)/t36-/m1/s1. The van der Waals surface area contributed by atoms with Crippen LogP contribution in [0.25, 0.3) is 22.0 Å². The lowest BCUT2D eigenvalue weighted by molar-refractivity contribution is -0.384. The second kappa shape index (κ2) is 19.8. The fourth-order valence-corrected chi connectivity index (χ4v) is 10.3. The lowest BCUT2D eigenvalue weighted by Gasteiger charge is -2.36. The number of nitro groups is 1. The Balaban J connectivity index is 0.937. The molecule has 0 saturated carbocycles. The van der Waals surface area contributed by atoms with E-state index in [1.807, 2.05) is 72.8 Å². The van der Waals surface area contributed by atoms with Gasteiger partial charge in [0.15, 0.2) is 5.82 Å². The molecule has 0 unspecified atom stereocenters. The summed E-state index contributed by atoms with van der Waals surface area (Å²) in [5.74, 6) is 0.716. The summed E-state index contributed by atoms with van der Waals surface area (Å²) < 4.78 is 30.3. The van der Waals surface area contributed by atoms with E-state index in [9.17, 15) is 23.6 Å². The number of sulfonamides is 1. The van der Waals surface area contributed by atoms with E-state index in [4.69, 9.17) is 11.6 Å². The summed E-state index contributed by atoms with van der Waals surface area (Å²) in [6, 6.07) is 35.8. The lowest BCUT2D eigenvalue weighted by Crippen LogP contribution is -2.46. The first-order valence-corrected chi connectivity index (χ1v) is 23.6. The Labute approximate surface area is 371 Å². The average molecular weight is 894 g/mol. The molecular formula is C46H49ClN8O5S2. The molecule has 2 fully saturated rings. The number of nitrogens with zero attached hydrogens (tertiary/aromatic N) is 6. The smallest absolute Gasteiger partial charge is 0.293 e. The van der Waals surface area contributed by atoms with E-state index in [1.54, 1.807) is 11.8 Å². The van der Waals surface area contributed by atoms with Gasteiger partial charge in [-0.05, 0) is 90.6 Å². The average Bonchev–Trinajstić information content (AvgIpc) is 3.28. The molecule has 13 nitrogen and oxygen atoms in total. The van der Waals surface area contributed by atoms with Crippen molar-refractivity contribution in [2.75, 3.05) is 66.5 Å². The predicted molar refractivity (Wildman–Crippen MR) is 249 cm³/mol. The summed E-state index contributed by atoms with van der Waals surface area (Å²) >= 11 is 8.09. The molecule has 3 heterocycles. The van der Waals surface area contributed by atoms with E-state index < -0.39 is 14.9 Å². The van der Waals surface area contributed by atoms with E-state index in [0.29, 0.717) is 28.1 Å². The molecule has 2 saturated heterocycles. The second-order valence-electron chi connectivity index (χ2n) is 15.7. The van der Waals surface area contributed by atoms with E-state index in [2.05, 4.69) is 59.0 Å². The van der Waals surface area contributed by atoms with Gasteiger partial charge in [-0.25, -0.2) is 18.4 Å². The van der Waals surface area contributed by atoms with Crippen LogP contribution in [-0.4, -0.2) is 102 Å². The third kappa shape index (κ3) is 10.8. The highest BCUT2D eigenvalue weighted by Crippen LogP contribution is 2.33. The number of aromatic nitrogens is 2. The molecule has 0 bridgehead atoms. The highest BCUT2D eigenvalue weighted by Gasteiger charge is 2.26. The number of anilines is 3. The molecule has 1 atom stereocenters. The van der Waals surface area contributed by atoms with Crippen LogP contribution in [0.4, 0.5) is 22.9 Å². The summed E-state index contributed by atoms with van der Waals surface area (Å²) in [5, 5.41) is 27.0. The molecule has 1 aromatic heterocycles. The van der Waals surface area contributed by atoms with Gasteiger partial charge in [-0.15, -0.1) is 11.8 Å². The number of nitrogens with one attached hydrogen (secondary N) is 2. The Morgan fingerprint density at radius 2 is 1.60 bits per heavy atom. The molecule has 3 N–H and O–H groups in total. The molecule has 0 radical (unpaired) electrons. The summed E-state index contributed by atoms with van der Waals surface area (Å²) in [6.07, 6.45) is 3.18. The minimum Gasteiger partial charge on any atom is -0.393 e. The number of benzene rings is 5. The molecule has 322 valence electrons. The second-order valence-corrected chi connectivity index (χ2v) is 18.9. The zero-order valence-electron chi connectivity index (χ0n) is 34.1. The summed E-state index contributed by atoms with van der Waals surface area (Å²) in [4.78, 5) is 28.5. The summed E-state index contributed by atoms with van der Waals surface area (Å²) in [5.41, 5.74) is 4.94. The van der Waals surface area contributed by atoms with Crippen LogP contribution >= 0.6 is 23.4 Å². The Kier molecular flexibility index (Phi) is 13.9. The molecular weight excluding hydrogens is 844 g/mol. The van der Waals surface area contributed by atoms with E-state index in [1.165, 1.54) is 29.6 Å². The zero-order valence-corrected chi connectivity index (χ0v) is 36.5. The van der Waals surface area contributed by atoms with Gasteiger partial charge < -0.3 is 20.2 Å². The van der Waals surface area contributed by atoms with Gasteiger partial charge in [0, 0.05) is 91.2 Å². The van der Waals surface area contributed by atoms with Crippen molar-refractivity contribution in [2.45, 2.75) is 47.7 Å². The van der Waals surface area contributed by atoms with Crippen molar-refractivity contribution in [2.24, 2.45) is 0 Å². The Hall–Kier alpha value is -5.29. The molecule has 0 spiro atoms. The normalized spacial score (nSPS) is 16.0. The van der Waals surface area contributed by atoms with Gasteiger partial charge in [-0.3, -0.25) is 19.7 Å². The Morgan fingerprint density at radius 3 is 2.34 bits per heavy atom. The Bertz CT molecular complexity index is 2590. The number of halogens is 1. The van der Waals surface area contributed by atoms with Crippen molar-refractivity contribution in [1.29, 1.82) is 0 Å². The lowest BCUT2D eigenvalue weighted by atomic mass is 9.99. The maximum absolute atomic E-state index is 13.8. The minimum absolute atomic E-state index is 0.0789. The molecule has 2 aliphatic heterocycles. The largest absolute Gasteiger partial charge is 0.393 e. The van der Waals surface area contributed by atoms with Crippen LogP contribution in [0, 0.1) is 10.1 Å². The Morgan fingerprint density at radius 1 is 0.855 bits per heavy atom. The molecule has 6 aromatic rings. The van der Waals surface area contributed by atoms with E-state index >= 15 is 0 Å². The van der Waals surface area contributed by atoms with Gasteiger partial charge in [0.1, 0.15) is 12.0 Å². The number of aliphatic hydroxyl groups is 1. The quantitative estimate of drug-likeness (QED) is 0.0485. The van der Waals surface area contributed by atoms with Gasteiger partial charge in [0.2, 0.25) is 0 Å². The van der Waals surface area contributed by atoms with E-state index in [0.717, 1.165) is 87.4 Å². The topological polar surface area (TPSA) is 157 Å². The number of piperidine rings is 1. The van der Waals surface area contributed by atoms with Gasteiger partial charge in [0.25, 0.3) is 15.7 Å². The fraction of sp³-hybridized carbons (Fsp3) is 0.304. The number of fused-ring (bicyclic) bond motifs is 1. The van der Waals surface area contributed by atoms with Crippen LogP contribution in [0.2, 0.25) is 5.02 Å². The number of rotatable bonds is 16. The van der Waals surface area contributed by atoms with Crippen molar-refractivity contribution in [3.8, 4) is 11.1 Å². The maximum Gasteiger partial charge on any atom is 0.293 e. The zero-order chi connectivity index (χ0) is 43.1. The predicted octanol–water partition coefficient (Wildman–Crippen LogP) is 8.40. The molecule has 0 aliphatic carbocycles. The van der Waals surface area contributed by atoms with Crippen molar-refractivity contribution >= 4 is 67.2 Å². The highest BCUT2D eigenvalue weighted by molar-refractivity contribution is 7.99. The minimum atomic E-state index is -4.30. The number of hydrogen-bond acceptors (Lipinski definition) is 12. The number of thioether (sulfide) groups is 1. The van der Waals surface area contributed by atoms with Gasteiger partial charge in [-0.2, -0.15) is 0 Å². The third-order valence-corrected chi connectivity index (χ3v) is 14.3. The van der Waals surface area contributed by atoms with Crippen molar-refractivity contribution in [1.82, 2.24) is 19.8 Å². The SMILES string of the molecule is O=[N+]([O-])c1cc(S(=O)(=O)Nc2ncnc3cc(N4CCN(Cc5cc(Cl)ccc5-c5ccccc5)CC4)ccc23)ccc1N[C@H](CCN1CCC(O)CC1)CSc1ccccc1. The molecule has 16 heteroatoms. The monoisotopic (exact) mass is 892 g/mol. The highest BCUT2D eigenvalue weighted by atomic mass is 35.5. The summed E-state index contributed by atoms with van der Waals surface area (Å²) in [7, 11) is -4.30. The van der Waals surface area contributed by atoms with Crippen LogP contribution in [0.1, 0.15) is 24.8 Å². The molecule has 62 heavy (non-hydrogen) atoms. The van der Waals surface area contributed by atoms with Gasteiger partial charge >= 0.3 is 0 Å². The van der Waals surface area contributed by atoms with Crippen LogP contribution in [0.3, 0.4) is 0 Å². The fourth-order valence-electron chi connectivity index (χ4n) is 8.07. The van der Waals surface area contributed by atoms with Gasteiger partial charge in [-0.1, -0.05) is 66.2 Å². The van der Waals surface area contributed by atoms with Crippen molar-refractivity contribution in [3.63, 3.8) is 0 Å². The summed E-state index contributed by atoms with van der Waals surface area (Å²) in [6.45, 7) is 6.38. The number of hydrogen-bond donors (Lipinski definition) is 3. The molecule has 0 amide bonds. The third-order valence-electron chi connectivity index (χ3n) is 11.5. The first-order chi connectivity index (χ1) is 30.1. The number of nitro benzene ring substituents is 1. The number of aliphatic hydroxyl groups excluding tert-OH is 1. The van der Waals surface area contributed by atoms with Crippen molar-refractivity contribution < 1.29 is 18.4 Å². The van der Waals surface area contributed by atoms with E-state index in [-0.39, 0.29) is 34.2 Å². The van der Waals surface area contributed by atoms with Crippen molar-refractivity contribution in [3.05, 3.63) is 142 Å². The number of piperazine rings is 1. The first kappa shape index (κ1) is 43.4. The van der Waals surface area contributed by atoms with Crippen LogP contribution in [0.15, 0.2) is 131 Å². The van der Waals surface area contributed by atoms with Crippen LogP contribution in [-0.2, 0) is 16.6 Å². The maximum atomic E-state index is 13.8. The number of likely N-dealkylation sites (tertiary alicyclic amines) is 1.